The number of amides is 2. The Morgan fingerprint density at radius 2 is 1.86 bits per heavy atom. The van der Waals surface area contributed by atoms with E-state index in [1.807, 2.05) is 37.3 Å². The Kier molecular flexibility index (Phi) is 3.26. The molecule has 1 unspecified atom stereocenters. The Balaban J connectivity index is 2.08. The topological polar surface area (TPSA) is 54.4 Å². The van der Waals surface area contributed by atoms with Crippen LogP contribution in [0.5, 0.6) is 0 Å². The molecule has 0 aromatic heterocycles. The zero-order valence-corrected chi connectivity index (χ0v) is 12.0. The van der Waals surface area contributed by atoms with Crippen LogP contribution in [0.15, 0.2) is 42.5 Å². The third-order valence-corrected chi connectivity index (χ3v) is 4.59. The van der Waals surface area contributed by atoms with E-state index < -0.39 is 10.6 Å². The summed E-state index contributed by atoms with van der Waals surface area (Å²) >= 11 is 0. The SMILES string of the molecule is C[C@@H]1CCC[N+]1(C(=O)O)C(=O)c1ccc2ccccc2c1. The van der Waals surface area contributed by atoms with Gasteiger partial charge in [0.05, 0.1) is 12.1 Å². The molecule has 0 aliphatic carbocycles. The van der Waals surface area contributed by atoms with Crippen LogP contribution >= 0.6 is 0 Å². The van der Waals surface area contributed by atoms with Crippen molar-refractivity contribution < 1.29 is 19.2 Å². The minimum Gasteiger partial charge on any atom is -0.435 e. The van der Waals surface area contributed by atoms with E-state index in [2.05, 4.69) is 0 Å². The number of carbonyl (C=O) groups is 2. The maximum atomic E-state index is 12.9. The van der Waals surface area contributed by atoms with Gasteiger partial charge in [-0.2, -0.15) is 9.28 Å². The first kappa shape index (κ1) is 13.8. The molecule has 2 aromatic carbocycles. The van der Waals surface area contributed by atoms with Crippen molar-refractivity contribution in [2.45, 2.75) is 25.8 Å². The molecule has 2 amide bonds. The van der Waals surface area contributed by atoms with Crippen molar-refractivity contribution in [3.05, 3.63) is 48.0 Å². The van der Waals surface area contributed by atoms with Gasteiger partial charge in [-0.15, -0.1) is 0 Å². The van der Waals surface area contributed by atoms with Crippen molar-refractivity contribution in [1.29, 1.82) is 0 Å². The summed E-state index contributed by atoms with van der Waals surface area (Å²) in [6.07, 6.45) is 0.497. The van der Waals surface area contributed by atoms with Crippen molar-refractivity contribution in [3.8, 4) is 0 Å². The molecular weight excluding hydrogens is 266 g/mol. The van der Waals surface area contributed by atoms with E-state index in [1.54, 1.807) is 12.1 Å². The Labute approximate surface area is 123 Å². The van der Waals surface area contributed by atoms with E-state index in [0.29, 0.717) is 12.1 Å². The zero-order chi connectivity index (χ0) is 15.0. The minimum atomic E-state index is -1.04. The summed E-state index contributed by atoms with van der Waals surface area (Å²) in [5.41, 5.74) is 0.477. The highest BCUT2D eigenvalue weighted by atomic mass is 16.4. The molecule has 108 valence electrons. The average Bonchev–Trinajstić information content (AvgIpc) is 2.88. The van der Waals surface area contributed by atoms with Crippen molar-refractivity contribution in [3.63, 3.8) is 0 Å². The summed E-state index contributed by atoms with van der Waals surface area (Å²) in [5.74, 6) is -0.307. The van der Waals surface area contributed by atoms with Crippen molar-refractivity contribution in [2.24, 2.45) is 0 Å². The number of likely N-dealkylation sites (tertiary alicyclic amines) is 1. The number of hydrogen-bond acceptors (Lipinski definition) is 2. The number of carboxylic acid groups (broad SMARTS) is 1. The van der Waals surface area contributed by atoms with Gasteiger partial charge in [-0.25, -0.2) is 4.79 Å². The van der Waals surface area contributed by atoms with Gasteiger partial charge in [0.25, 0.3) is 0 Å². The molecule has 2 atom stereocenters. The number of rotatable bonds is 1. The first-order valence-electron chi connectivity index (χ1n) is 7.20. The zero-order valence-electron chi connectivity index (χ0n) is 12.0. The predicted octanol–water partition coefficient (Wildman–Crippen LogP) is 3.66. The fraction of sp³-hybridized carbons (Fsp3) is 0.294. The molecule has 0 spiro atoms. The lowest BCUT2D eigenvalue weighted by molar-refractivity contribution is -0.785. The first-order chi connectivity index (χ1) is 10.1. The Morgan fingerprint density at radius 3 is 2.48 bits per heavy atom. The molecule has 1 N–H and O–H groups in total. The highest BCUT2D eigenvalue weighted by molar-refractivity contribution is 5.98. The molecule has 4 heteroatoms. The van der Waals surface area contributed by atoms with Gasteiger partial charge in [0.2, 0.25) is 0 Å². The van der Waals surface area contributed by atoms with Gasteiger partial charge in [0, 0.05) is 12.8 Å². The molecular formula is C17H18NO3+. The second-order valence-corrected chi connectivity index (χ2v) is 5.73. The summed E-state index contributed by atoms with van der Waals surface area (Å²) in [6.45, 7) is 2.22. The van der Waals surface area contributed by atoms with Gasteiger partial charge in [-0.1, -0.05) is 30.3 Å². The Hall–Kier alpha value is -2.20. The van der Waals surface area contributed by atoms with Crippen LogP contribution in [0.3, 0.4) is 0 Å². The second-order valence-electron chi connectivity index (χ2n) is 5.73. The smallest absolute Gasteiger partial charge is 0.435 e. The third-order valence-electron chi connectivity index (χ3n) is 4.59. The quantitative estimate of drug-likeness (QED) is 0.813. The Bertz CT molecular complexity index is 725. The van der Waals surface area contributed by atoms with Crippen LogP contribution < -0.4 is 0 Å². The normalized spacial score (nSPS) is 25.1. The highest BCUT2D eigenvalue weighted by Crippen LogP contribution is 2.31. The molecule has 1 saturated heterocycles. The number of quaternary nitrogens is 1. The molecule has 0 radical (unpaired) electrons. The summed E-state index contributed by atoms with van der Waals surface area (Å²) in [5, 5.41) is 11.6. The summed E-state index contributed by atoms with van der Waals surface area (Å²) in [7, 11) is 0. The van der Waals surface area contributed by atoms with Crippen molar-refractivity contribution >= 4 is 22.8 Å². The Morgan fingerprint density at radius 1 is 1.14 bits per heavy atom. The fourth-order valence-electron chi connectivity index (χ4n) is 3.30. The lowest BCUT2D eigenvalue weighted by Crippen LogP contribution is -2.58. The molecule has 1 aliphatic heterocycles. The number of nitrogens with zero attached hydrogens (tertiary/aromatic N) is 1. The fourth-order valence-corrected chi connectivity index (χ4v) is 3.30. The van der Waals surface area contributed by atoms with Crippen LogP contribution in [0.4, 0.5) is 4.79 Å². The number of imide groups is 1. The number of fused-ring (bicyclic) bond motifs is 1. The van der Waals surface area contributed by atoms with E-state index in [-0.39, 0.29) is 11.9 Å². The van der Waals surface area contributed by atoms with E-state index in [4.69, 9.17) is 0 Å². The van der Waals surface area contributed by atoms with Gasteiger partial charge in [-0.05, 0) is 29.8 Å². The van der Waals surface area contributed by atoms with Crippen LogP contribution in [0.1, 0.15) is 30.1 Å². The molecule has 1 heterocycles. The maximum Gasteiger partial charge on any atom is 0.521 e. The lowest BCUT2D eigenvalue weighted by atomic mass is 10.1. The minimum absolute atomic E-state index is 0.179. The molecule has 0 saturated carbocycles. The molecule has 4 nitrogen and oxygen atoms in total. The van der Waals surface area contributed by atoms with Gasteiger partial charge >= 0.3 is 12.0 Å². The molecule has 2 aromatic rings. The molecule has 1 fully saturated rings. The van der Waals surface area contributed by atoms with Crippen LogP contribution in [0.2, 0.25) is 0 Å². The first-order valence-corrected chi connectivity index (χ1v) is 7.20. The van der Waals surface area contributed by atoms with Gasteiger partial charge in [0.15, 0.2) is 0 Å². The molecule has 0 bridgehead atoms. The lowest BCUT2D eigenvalue weighted by Gasteiger charge is -2.29. The molecule has 1 aliphatic rings. The molecule has 21 heavy (non-hydrogen) atoms. The van der Waals surface area contributed by atoms with Crippen molar-refractivity contribution in [1.82, 2.24) is 0 Å². The van der Waals surface area contributed by atoms with Crippen LogP contribution in [0, 0.1) is 0 Å². The summed E-state index contributed by atoms with van der Waals surface area (Å²) in [4.78, 5) is 24.6. The largest absolute Gasteiger partial charge is 0.521 e. The van der Waals surface area contributed by atoms with Crippen LogP contribution in [-0.4, -0.2) is 34.2 Å². The van der Waals surface area contributed by atoms with E-state index >= 15 is 0 Å². The molecule has 3 rings (SSSR count). The standard InChI is InChI=1S/C17H17NO3/c1-12-5-4-10-18(12,17(20)21)16(19)15-9-8-13-6-2-3-7-14(13)11-15/h2-3,6-9,11-12H,4-5,10H2,1H3/p+1/t12-,18?/m1/s1. The summed E-state index contributed by atoms with van der Waals surface area (Å²) < 4.78 is -0.474. The van der Waals surface area contributed by atoms with Crippen molar-refractivity contribution in [2.75, 3.05) is 6.54 Å². The maximum absolute atomic E-state index is 12.9. The average molecular weight is 284 g/mol. The monoisotopic (exact) mass is 284 g/mol. The second kappa shape index (κ2) is 4.97. The number of benzene rings is 2. The van der Waals surface area contributed by atoms with Crippen LogP contribution in [0.25, 0.3) is 10.8 Å². The van der Waals surface area contributed by atoms with Crippen LogP contribution in [-0.2, 0) is 0 Å². The summed E-state index contributed by atoms with van der Waals surface area (Å²) in [6, 6.07) is 13.0. The number of carbonyl (C=O) groups excluding carboxylic acids is 1. The van der Waals surface area contributed by atoms with Gasteiger partial charge in [0.1, 0.15) is 6.04 Å². The van der Waals surface area contributed by atoms with E-state index in [1.165, 1.54) is 0 Å². The van der Waals surface area contributed by atoms with Gasteiger partial charge in [-0.3, -0.25) is 0 Å². The predicted molar refractivity (Wildman–Crippen MR) is 80.1 cm³/mol. The van der Waals surface area contributed by atoms with E-state index in [9.17, 15) is 14.7 Å². The highest BCUT2D eigenvalue weighted by Gasteiger charge is 2.53. The van der Waals surface area contributed by atoms with Gasteiger partial charge < -0.3 is 5.11 Å². The third kappa shape index (κ3) is 2.03. The van der Waals surface area contributed by atoms with E-state index in [0.717, 1.165) is 23.6 Å². The number of hydrogen-bond donors (Lipinski definition) is 1.